The van der Waals surface area contributed by atoms with Crippen LogP contribution < -0.4 is 5.32 Å². The van der Waals surface area contributed by atoms with Gasteiger partial charge >= 0.3 is 0 Å². The van der Waals surface area contributed by atoms with Crippen LogP contribution in [-0.2, 0) is 6.54 Å². The SMILES string of the molecule is O=C(NCc1ccnc2ccccc12)c1ccc(F)cc1. The molecule has 4 heteroatoms. The van der Waals surface area contributed by atoms with Gasteiger partial charge in [-0.05, 0) is 42.0 Å². The molecule has 1 amide bonds. The van der Waals surface area contributed by atoms with Crippen molar-refractivity contribution in [3.05, 3.63) is 77.7 Å². The first-order chi connectivity index (χ1) is 10.2. The first kappa shape index (κ1) is 13.2. The molecule has 0 aliphatic heterocycles. The van der Waals surface area contributed by atoms with E-state index in [-0.39, 0.29) is 11.7 Å². The lowest BCUT2D eigenvalue weighted by atomic mass is 10.1. The van der Waals surface area contributed by atoms with Gasteiger partial charge in [0.1, 0.15) is 5.82 Å². The van der Waals surface area contributed by atoms with Gasteiger partial charge in [-0.2, -0.15) is 0 Å². The van der Waals surface area contributed by atoms with Crippen LogP contribution in [0.25, 0.3) is 10.9 Å². The number of carbonyl (C=O) groups is 1. The predicted octanol–water partition coefficient (Wildman–Crippen LogP) is 3.30. The number of hydrogen-bond acceptors (Lipinski definition) is 2. The summed E-state index contributed by atoms with van der Waals surface area (Å²) in [6, 6.07) is 15.1. The van der Waals surface area contributed by atoms with Crippen molar-refractivity contribution in [1.29, 1.82) is 0 Å². The number of hydrogen-bond donors (Lipinski definition) is 1. The van der Waals surface area contributed by atoms with Crippen molar-refractivity contribution in [3.8, 4) is 0 Å². The van der Waals surface area contributed by atoms with Crippen LogP contribution in [0.4, 0.5) is 4.39 Å². The van der Waals surface area contributed by atoms with Crippen molar-refractivity contribution in [2.75, 3.05) is 0 Å². The standard InChI is InChI=1S/C17H13FN2O/c18-14-7-5-12(6-8-14)17(21)20-11-13-9-10-19-16-4-2-1-3-15(13)16/h1-10H,11H2,(H,20,21). The molecule has 0 aliphatic carbocycles. The number of pyridine rings is 1. The summed E-state index contributed by atoms with van der Waals surface area (Å²) in [5, 5.41) is 3.85. The second-order valence-corrected chi connectivity index (χ2v) is 4.68. The molecule has 3 aromatic rings. The zero-order valence-electron chi connectivity index (χ0n) is 11.2. The molecule has 0 unspecified atom stereocenters. The number of nitrogens with one attached hydrogen (secondary N) is 1. The molecule has 104 valence electrons. The summed E-state index contributed by atoms with van der Waals surface area (Å²) < 4.78 is 12.8. The lowest BCUT2D eigenvalue weighted by Gasteiger charge is -2.08. The molecule has 21 heavy (non-hydrogen) atoms. The summed E-state index contributed by atoms with van der Waals surface area (Å²) in [6.45, 7) is 0.402. The van der Waals surface area contributed by atoms with E-state index in [0.717, 1.165) is 16.5 Å². The van der Waals surface area contributed by atoms with Crippen molar-refractivity contribution in [2.24, 2.45) is 0 Å². The van der Waals surface area contributed by atoms with E-state index in [4.69, 9.17) is 0 Å². The number of amides is 1. The highest BCUT2D eigenvalue weighted by molar-refractivity contribution is 5.94. The third kappa shape index (κ3) is 2.89. The van der Waals surface area contributed by atoms with E-state index in [1.807, 2.05) is 30.3 Å². The Morgan fingerprint density at radius 2 is 1.81 bits per heavy atom. The number of halogens is 1. The van der Waals surface area contributed by atoms with Crippen LogP contribution in [0.1, 0.15) is 15.9 Å². The van der Waals surface area contributed by atoms with Gasteiger partial charge in [-0.1, -0.05) is 18.2 Å². The third-order valence-corrected chi connectivity index (χ3v) is 3.29. The maximum atomic E-state index is 12.8. The minimum absolute atomic E-state index is 0.226. The molecule has 1 aromatic heterocycles. The topological polar surface area (TPSA) is 42.0 Å². The Hall–Kier alpha value is -2.75. The summed E-state index contributed by atoms with van der Waals surface area (Å²) in [7, 11) is 0. The zero-order valence-corrected chi connectivity index (χ0v) is 11.2. The average molecular weight is 280 g/mol. The number of benzene rings is 2. The number of para-hydroxylation sites is 1. The highest BCUT2D eigenvalue weighted by Gasteiger charge is 2.07. The molecule has 3 nitrogen and oxygen atoms in total. The summed E-state index contributed by atoms with van der Waals surface area (Å²) >= 11 is 0. The lowest BCUT2D eigenvalue weighted by molar-refractivity contribution is 0.0951. The van der Waals surface area contributed by atoms with Gasteiger partial charge in [-0.15, -0.1) is 0 Å². The Labute approximate surface area is 121 Å². The van der Waals surface area contributed by atoms with E-state index >= 15 is 0 Å². The van der Waals surface area contributed by atoms with Gasteiger partial charge in [0.05, 0.1) is 5.52 Å². The van der Waals surface area contributed by atoms with Gasteiger partial charge in [0.2, 0.25) is 0 Å². The molecule has 0 bridgehead atoms. The molecule has 3 rings (SSSR count). The van der Waals surface area contributed by atoms with E-state index in [9.17, 15) is 9.18 Å². The fourth-order valence-electron chi connectivity index (χ4n) is 2.19. The normalized spacial score (nSPS) is 10.5. The van der Waals surface area contributed by atoms with E-state index in [0.29, 0.717) is 12.1 Å². The lowest BCUT2D eigenvalue weighted by Crippen LogP contribution is -2.22. The van der Waals surface area contributed by atoms with Crippen LogP contribution >= 0.6 is 0 Å². The van der Waals surface area contributed by atoms with Gasteiger partial charge < -0.3 is 5.32 Å². The van der Waals surface area contributed by atoms with Gasteiger partial charge in [0.15, 0.2) is 0 Å². The average Bonchev–Trinajstić information content (AvgIpc) is 2.53. The highest BCUT2D eigenvalue weighted by atomic mass is 19.1. The second-order valence-electron chi connectivity index (χ2n) is 4.68. The van der Waals surface area contributed by atoms with E-state index in [1.165, 1.54) is 24.3 Å². The maximum Gasteiger partial charge on any atom is 0.251 e. The van der Waals surface area contributed by atoms with E-state index < -0.39 is 0 Å². The van der Waals surface area contributed by atoms with Gasteiger partial charge in [-0.25, -0.2) is 4.39 Å². The number of fused-ring (bicyclic) bond motifs is 1. The van der Waals surface area contributed by atoms with Gasteiger partial charge in [-0.3, -0.25) is 9.78 Å². The molecule has 2 aromatic carbocycles. The zero-order chi connectivity index (χ0) is 14.7. The Morgan fingerprint density at radius 3 is 2.62 bits per heavy atom. The molecule has 0 radical (unpaired) electrons. The van der Waals surface area contributed by atoms with Crippen LogP contribution in [-0.4, -0.2) is 10.9 Å². The summed E-state index contributed by atoms with van der Waals surface area (Å²) in [6.07, 6.45) is 1.72. The Morgan fingerprint density at radius 1 is 1.05 bits per heavy atom. The molecular weight excluding hydrogens is 267 g/mol. The first-order valence-electron chi connectivity index (χ1n) is 6.60. The molecule has 0 aliphatic rings. The third-order valence-electron chi connectivity index (χ3n) is 3.29. The molecule has 1 heterocycles. The monoisotopic (exact) mass is 280 g/mol. The van der Waals surface area contributed by atoms with Gasteiger partial charge in [0, 0.05) is 23.7 Å². The summed E-state index contributed by atoms with van der Waals surface area (Å²) in [5.41, 5.74) is 2.33. The minimum Gasteiger partial charge on any atom is -0.348 e. The fourth-order valence-corrected chi connectivity index (χ4v) is 2.19. The van der Waals surface area contributed by atoms with E-state index in [1.54, 1.807) is 6.20 Å². The van der Waals surface area contributed by atoms with Crippen LogP contribution in [0.15, 0.2) is 60.8 Å². The van der Waals surface area contributed by atoms with Crippen molar-refractivity contribution < 1.29 is 9.18 Å². The number of aromatic nitrogens is 1. The molecule has 0 saturated carbocycles. The second kappa shape index (κ2) is 5.71. The molecular formula is C17H13FN2O. The van der Waals surface area contributed by atoms with E-state index in [2.05, 4.69) is 10.3 Å². The van der Waals surface area contributed by atoms with Crippen LogP contribution in [0.2, 0.25) is 0 Å². The molecule has 0 fully saturated rings. The van der Waals surface area contributed by atoms with Crippen molar-refractivity contribution in [1.82, 2.24) is 10.3 Å². The smallest absolute Gasteiger partial charge is 0.251 e. The molecule has 0 saturated heterocycles. The number of nitrogens with zero attached hydrogens (tertiary/aromatic N) is 1. The minimum atomic E-state index is -0.355. The quantitative estimate of drug-likeness (QED) is 0.799. The fraction of sp³-hybridized carbons (Fsp3) is 0.0588. The first-order valence-corrected chi connectivity index (χ1v) is 6.60. The number of carbonyl (C=O) groups excluding carboxylic acids is 1. The maximum absolute atomic E-state index is 12.8. The van der Waals surface area contributed by atoms with Crippen LogP contribution in [0.3, 0.4) is 0 Å². The Kier molecular flexibility index (Phi) is 3.60. The summed E-state index contributed by atoms with van der Waals surface area (Å²) in [4.78, 5) is 16.3. The Balaban J connectivity index is 1.77. The van der Waals surface area contributed by atoms with Crippen molar-refractivity contribution in [2.45, 2.75) is 6.54 Å². The molecule has 1 N–H and O–H groups in total. The number of rotatable bonds is 3. The molecule has 0 spiro atoms. The van der Waals surface area contributed by atoms with Crippen molar-refractivity contribution >= 4 is 16.8 Å². The van der Waals surface area contributed by atoms with Crippen molar-refractivity contribution in [3.63, 3.8) is 0 Å². The Bertz CT molecular complexity index is 779. The highest BCUT2D eigenvalue weighted by Crippen LogP contribution is 2.16. The van der Waals surface area contributed by atoms with Crippen LogP contribution in [0.5, 0.6) is 0 Å². The largest absolute Gasteiger partial charge is 0.348 e. The summed E-state index contributed by atoms with van der Waals surface area (Å²) in [5.74, 6) is -0.581. The predicted molar refractivity (Wildman–Crippen MR) is 79.3 cm³/mol. The molecule has 0 atom stereocenters. The van der Waals surface area contributed by atoms with Gasteiger partial charge in [0.25, 0.3) is 5.91 Å². The van der Waals surface area contributed by atoms with Crippen LogP contribution in [0, 0.1) is 5.82 Å².